The molecule has 0 spiro atoms. The van der Waals surface area contributed by atoms with Crippen LogP contribution >= 0.6 is 0 Å². The maximum atomic E-state index is 12.7. The van der Waals surface area contributed by atoms with E-state index in [0.29, 0.717) is 5.75 Å². The Morgan fingerprint density at radius 2 is 1.60 bits per heavy atom. The summed E-state index contributed by atoms with van der Waals surface area (Å²) in [7, 11) is 3.97. The van der Waals surface area contributed by atoms with Gasteiger partial charge >= 0.3 is 5.97 Å². The molecule has 0 aliphatic heterocycles. The van der Waals surface area contributed by atoms with Crippen LogP contribution in [0.3, 0.4) is 0 Å². The van der Waals surface area contributed by atoms with Crippen molar-refractivity contribution in [1.82, 2.24) is 5.32 Å². The van der Waals surface area contributed by atoms with Crippen LogP contribution in [-0.2, 0) is 9.59 Å². The molecule has 156 valence electrons. The van der Waals surface area contributed by atoms with E-state index in [0.717, 1.165) is 27.6 Å². The van der Waals surface area contributed by atoms with Crippen LogP contribution in [0.25, 0.3) is 10.8 Å². The summed E-state index contributed by atoms with van der Waals surface area (Å²) >= 11 is 0. The van der Waals surface area contributed by atoms with Gasteiger partial charge in [-0.15, -0.1) is 0 Å². The predicted octanol–water partition coefficient (Wildman–Crippen LogP) is 4.69. The Morgan fingerprint density at radius 3 is 2.20 bits per heavy atom. The second-order valence-electron chi connectivity index (χ2n) is 7.87. The van der Waals surface area contributed by atoms with Crippen LogP contribution in [0.5, 0.6) is 5.75 Å². The molecule has 5 heteroatoms. The number of carbonyl (C=O) groups excluding carboxylic acids is 2. The van der Waals surface area contributed by atoms with Crippen molar-refractivity contribution in [2.24, 2.45) is 5.92 Å². The fourth-order valence-corrected chi connectivity index (χ4v) is 3.41. The van der Waals surface area contributed by atoms with Gasteiger partial charge in [0.15, 0.2) is 0 Å². The summed E-state index contributed by atoms with van der Waals surface area (Å²) in [5.74, 6) is -0.200. The molecule has 1 N–H and O–H groups in total. The quantitative estimate of drug-likeness (QED) is 0.478. The molecule has 0 radical (unpaired) electrons. The number of amides is 1. The summed E-state index contributed by atoms with van der Waals surface area (Å²) in [5, 5.41) is 5.10. The lowest BCUT2D eigenvalue weighted by Crippen LogP contribution is -2.33. The molecule has 5 nitrogen and oxygen atoms in total. The highest BCUT2D eigenvalue weighted by Gasteiger charge is 2.25. The lowest BCUT2D eigenvalue weighted by molar-refractivity contribution is -0.131. The number of ether oxygens (including phenoxy) is 1. The third kappa shape index (κ3) is 4.62. The third-order valence-corrected chi connectivity index (χ3v) is 5.03. The number of carbonyl (C=O) groups is 2. The zero-order chi connectivity index (χ0) is 21.8. The van der Waals surface area contributed by atoms with Crippen LogP contribution in [0, 0.1) is 5.92 Å². The Hall–Kier alpha value is -3.34. The van der Waals surface area contributed by atoms with Crippen molar-refractivity contribution < 1.29 is 14.3 Å². The number of benzene rings is 3. The number of hydrogen-bond acceptors (Lipinski definition) is 4. The lowest BCUT2D eigenvalue weighted by atomic mass is 9.92. The van der Waals surface area contributed by atoms with Gasteiger partial charge in [-0.05, 0) is 34.5 Å². The minimum absolute atomic E-state index is 0.0709. The summed E-state index contributed by atoms with van der Waals surface area (Å²) in [5.41, 5.74) is 2.75. The van der Waals surface area contributed by atoms with Crippen molar-refractivity contribution in [2.45, 2.75) is 26.8 Å². The average Bonchev–Trinajstić information content (AvgIpc) is 2.71. The number of nitrogens with one attached hydrogen (secondary N) is 1. The number of anilines is 1. The lowest BCUT2D eigenvalue weighted by Gasteiger charge is -2.25. The third-order valence-electron chi connectivity index (χ3n) is 5.03. The van der Waals surface area contributed by atoms with Gasteiger partial charge in [-0.1, -0.05) is 56.3 Å². The van der Waals surface area contributed by atoms with Crippen molar-refractivity contribution >= 4 is 28.3 Å². The van der Waals surface area contributed by atoms with Gasteiger partial charge in [-0.3, -0.25) is 9.59 Å². The van der Waals surface area contributed by atoms with Crippen molar-refractivity contribution in [2.75, 3.05) is 19.0 Å². The van der Waals surface area contributed by atoms with E-state index in [1.165, 1.54) is 6.92 Å². The Balaban J connectivity index is 2.23. The van der Waals surface area contributed by atoms with E-state index < -0.39 is 12.0 Å². The maximum Gasteiger partial charge on any atom is 0.308 e. The standard InChI is InChI=1S/C25H28N2O3/c1-16(2)25(29)26-24(19-10-13-20(14-11-19)27(4)5)23-21-9-7-6-8-18(21)12-15-22(23)30-17(3)28/h6-16,24H,1-5H3,(H,26,29). The van der Waals surface area contributed by atoms with Crippen molar-refractivity contribution in [3.8, 4) is 5.75 Å². The van der Waals surface area contributed by atoms with Gasteiger partial charge in [-0.25, -0.2) is 0 Å². The van der Waals surface area contributed by atoms with Crippen LogP contribution in [0.15, 0.2) is 60.7 Å². The molecule has 0 saturated carbocycles. The Morgan fingerprint density at radius 1 is 0.933 bits per heavy atom. The second-order valence-corrected chi connectivity index (χ2v) is 7.87. The van der Waals surface area contributed by atoms with Crippen molar-refractivity contribution in [1.29, 1.82) is 0 Å². The predicted molar refractivity (Wildman–Crippen MR) is 121 cm³/mol. The van der Waals surface area contributed by atoms with E-state index in [1.807, 2.05) is 87.4 Å². The molecular weight excluding hydrogens is 376 g/mol. The molecule has 1 atom stereocenters. The van der Waals surface area contributed by atoms with E-state index in [4.69, 9.17) is 4.74 Å². The van der Waals surface area contributed by atoms with E-state index in [-0.39, 0.29) is 11.8 Å². The molecule has 0 aromatic heterocycles. The summed E-state index contributed by atoms with van der Waals surface area (Å²) in [6.45, 7) is 5.10. The zero-order valence-electron chi connectivity index (χ0n) is 18.1. The first-order chi connectivity index (χ1) is 14.3. The summed E-state index contributed by atoms with van der Waals surface area (Å²) in [4.78, 5) is 26.5. The molecule has 1 unspecified atom stereocenters. The van der Waals surface area contributed by atoms with Crippen molar-refractivity contribution in [3.05, 3.63) is 71.8 Å². The van der Waals surface area contributed by atoms with Gasteiger partial charge in [0.25, 0.3) is 0 Å². The van der Waals surface area contributed by atoms with E-state index in [9.17, 15) is 9.59 Å². The highest BCUT2D eigenvalue weighted by atomic mass is 16.5. The minimum atomic E-state index is -0.462. The molecule has 0 aliphatic rings. The van der Waals surface area contributed by atoms with Crippen LogP contribution < -0.4 is 15.0 Å². The number of rotatable bonds is 6. The van der Waals surface area contributed by atoms with Crippen LogP contribution in [0.2, 0.25) is 0 Å². The first-order valence-electron chi connectivity index (χ1n) is 10.1. The molecule has 1 amide bonds. The first-order valence-corrected chi connectivity index (χ1v) is 10.1. The maximum absolute atomic E-state index is 12.7. The van der Waals surface area contributed by atoms with E-state index in [2.05, 4.69) is 5.32 Å². The number of hydrogen-bond donors (Lipinski definition) is 1. The topological polar surface area (TPSA) is 58.6 Å². The molecule has 3 aromatic carbocycles. The molecule has 0 bridgehead atoms. The monoisotopic (exact) mass is 404 g/mol. The largest absolute Gasteiger partial charge is 0.426 e. The van der Waals surface area contributed by atoms with Crippen LogP contribution in [0.1, 0.15) is 37.9 Å². The van der Waals surface area contributed by atoms with Gasteiger partial charge in [0.1, 0.15) is 5.75 Å². The van der Waals surface area contributed by atoms with E-state index in [1.54, 1.807) is 6.07 Å². The molecular formula is C25H28N2O3. The molecule has 0 saturated heterocycles. The highest BCUT2D eigenvalue weighted by Crippen LogP contribution is 2.37. The normalized spacial score (nSPS) is 11.9. The average molecular weight is 405 g/mol. The molecule has 3 rings (SSSR count). The molecule has 0 aliphatic carbocycles. The number of fused-ring (bicyclic) bond motifs is 1. The number of esters is 1. The SMILES string of the molecule is CC(=O)Oc1ccc2ccccc2c1C(NC(=O)C(C)C)c1ccc(N(C)C)cc1. The van der Waals surface area contributed by atoms with E-state index >= 15 is 0 Å². The van der Waals surface area contributed by atoms with Crippen molar-refractivity contribution in [3.63, 3.8) is 0 Å². The Bertz CT molecular complexity index is 1060. The van der Waals surface area contributed by atoms with Gasteiger partial charge in [0.05, 0.1) is 6.04 Å². The van der Waals surface area contributed by atoms with Gasteiger partial charge in [0.2, 0.25) is 5.91 Å². The second kappa shape index (κ2) is 8.99. The fourth-order valence-electron chi connectivity index (χ4n) is 3.41. The molecule has 3 aromatic rings. The van der Waals surface area contributed by atoms with Crippen LogP contribution in [-0.4, -0.2) is 26.0 Å². The van der Waals surface area contributed by atoms with Gasteiger partial charge < -0.3 is 15.0 Å². The smallest absolute Gasteiger partial charge is 0.308 e. The molecule has 0 heterocycles. The summed E-state index contributed by atoms with van der Waals surface area (Å²) in [6, 6.07) is 19.2. The minimum Gasteiger partial charge on any atom is -0.426 e. The van der Waals surface area contributed by atoms with Crippen LogP contribution in [0.4, 0.5) is 5.69 Å². The fraction of sp³-hybridized carbons (Fsp3) is 0.280. The summed E-state index contributed by atoms with van der Waals surface area (Å²) in [6.07, 6.45) is 0. The molecule has 30 heavy (non-hydrogen) atoms. The van der Waals surface area contributed by atoms with Gasteiger partial charge in [0, 0.05) is 38.2 Å². The Labute approximate surface area is 177 Å². The zero-order valence-corrected chi connectivity index (χ0v) is 18.1. The molecule has 0 fully saturated rings. The Kier molecular flexibility index (Phi) is 6.40. The number of nitrogens with zero attached hydrogens (tertiary/aromatic N) is 1. The summed E-state index contributed by atoms with van der Waals surface area (Å²) < 4.78 is 5.56. The van der Waals surface area contributed by atoms with Gasteiger partial charge in [-0.2, -0.15) is 0 Å². The first kappa shape index (κ1) is 21.4. The highest BCUT2D eigenvalue weighted by molar-refractivity contribution is 5.90.